The fourth-order valence-corrected chi connectivity index (χ4v) is 1.49. The van der Waals surface area contributed by atoms with Crippen molar-refractivity contribution in [3.05, 3.63) is 28.9 Å². The highest BCUT2D eigenvalue weighted by molar-refractivity contribution is 9.10. The first-order chi connectivity index (χ1) is 5.77. The smallest absolute Gasteiger partial charge is 0.220 e. The summed E-state index contributed by atoms with van der Waals surface area (Å²) in [5.74, 6) is 0.306. The van der Waals surface area contributed by atoms with Gasteiger partial charge in [0.25, 0.3) is 0 Å². The minimum Gasteiger partial charge on any atom is -0.368 e. The van der Waals surface area contributed by atoms with E-state index in [-0.39, 0.29) is 0 Å². The molecule has 0 amide bonds. The topological polar surface area (TPSA) is 51.8 Å². The average Bonchev–Trinajstić information content (AvgIpc) is 2.04. The van der Waals surface area contributed by atoms with Crippen LogP contribution >= 0.6 is 15.9 Å². The van der Waals surface area contributed by atoms with E-state index in [0.717, 1.165) is 15.4 Å². The Bertz CT molecular complexity index is 428. The van der Waals surface area contributed by atoms with Crippen molar-refractivity contribution in [2.24, 2.45) is 0 Å². The molecule has 0 radical (unpaired) electrons. The predicted molar refractivity (Wildman–Crippen MR) is 51.7 cm³/mol. The number of nitrogens with zero attached hydrogens (tertiary/aromatic N) is 2. The van der Waals surface area contributed by atoms with Crippen LogP contribution in [0.2, 0.25) is 0 Å². The van der Waals surface area contributed by atoms with E-state index in [1.807, 2.05) is 18.2 Å². The monoisotopic (exact) mass is 223 g/mol. The van der Waals surface area contributed by atoms with Gasteiger partial charge >= 0.3 is 0 Å². The molecule has 12 heavy (non-hydrogen) atoms. The van der Waals surface area contributed by atoms with Crippen molar-refractivity contribution in [2.45, 2.75) is 0 Å². The van der Waals surface area contributed by atoms with Crippen molar-refractivity contribution in [2.75, 3.05) is 5.73 Å². The van der Waals surface area contributed by atoms with Gasteiger partial charge in [0.2, 0.25) is 5.95 Å². The fraction of sp³-hybridized carbons (Fsp3) is 0. The van der Waals surface area contributed by atoms with Crippen LogP contribution in [-0.2, 0) is 0 Å². The van der Waals surface area contributed by atoms with E-state index in [0.29, 0.717) is 5.95 Å². The lowest BCUT2D eigenvalue weighted by atomic mass is 10.2. The summed E-state index contributed by atoms with van der Waals surface area (Å²) in [5.41, 5.74) is 6.29. The lowest BCUT2D eigenvalue weighted by Crippen LogP contribution is -1.93. The highest BCUT2D eigenvalue weighted by Crippen LogP contribution is 2.21. The molecule has 0 fully saturated rings. The van der Waals surface area contributed by atoms with Crippen molar-refractivity contribution in [3.8, 4) is 0 Å². The Morgan fingerprint density at radius 2 is 2.17 bits per heavy atom. The first-order valence-electron chi connectivity index (χ1n) is 3.44. The van der Waals surface area contributed by atoms with Crippen molar-refractivity contribution in [1.29, 1.82) is 0 Å². The van der Waals surface area contributed by atoms with Gasteiger partial charge in [-0.15, -0.1) is 0 Å². The van der Waals surface area contributed by atoms with Crippen molar-refractivity contribution < 1.29 is 0 Å². The maximum absolute atomic E-state index is 5.44. The number of anilines is 1. The number of hydrogen-bond donors (Lipinski definition) is 1. The van der Waals surface area contributed by atoms with Crippen LogP contribution in [-0.4, -0.2) is 9.97 Å². The van der Waals surface area contributed by atoms with Gasteiger partial charge in [-0.3, -0.25) is 0 Å². The Labute approximate surface area is 77.8 Å². The Hall–Kier alpha value is -1.16. The van der Waals surface area contributed by atoms with Crippen LogP contribution in [0.5, 0.6) is 0 Å². The van der Waals surface area contributed by atoms with E-state index in [2.05, 4.69) is 25.9 Å². The number of nitrogen functional groups attached to an aromatic ring is 1. The lowest BCUT2D eigenvalue weighted by molar-refractivity contribution is 1.24. The molecule has 4 heteroatoms. The molecule has 2 aromatic rings. The van der Waals surface area contributed by atoms with Gasteiger partial charge < -0.3 is 5.73 Å². The molecule has 3 nitrogen and oxygen atoms in total. The van der Waals surface area contributed by atoms with Gasteiger partial charge in [-0.25, -0.2) is 9.97 Å². The molecule has 0 aliphatic rings. The first-order valence-corrected chi connectivity index (χ1v) is 4.23. The number of rotatable bonds is 0. The van der Waals surface area contributed by atoms with E-state index in [9.17, 15) is 0 Å². The second kappa shape index (κ2) is 2.71. The fourth-order valence-electron chi connectivity index (χ4n) is 1.03. The minimum atomic E-state index is 0.306. The molecule has 0 bridgehead atoms. The molecular weight excluding hydrogens is 218 g/mol. The third-order valence-electron chi connectivity index (χ3n) is 1.59. The maximum atomic E-state index is 5.44. The summed E-state index contributed by atoms with van der Waals surface area (Å²) in [6.07, 6.45) is 1.71. The number of fused-ring (bicyclic) bond motifs is 1. The Morgan fingerprint density at radius 1 is 1.33 bits per heavy atom. The van der Waals surface area contributed by atoms with Gasteiger partial charge in [0.15, 0.2) is 0 Å². The summed E-state index contributed by atoms with van der Waals surface area (Å²) >= 11 is 3.40. The summed E-state index contributed by atoms with van der Waals surface area (Å²) in [4.78, 5) is 7.98. The zero-order valence-corrected chi connectivity index (χ0v) is 7.75. The average molecular weight is 224 g/mol. The Kier molecular flexibility index (Phi) is 1.69. The zero-order chi connectivity index (χ0) is 8.55. The number of benzene rings is 1. The van der Waals surface area contributed by atoms with Gasteiger partial charge in [0.1, 0.15) is 0 Å². The normalized spacial score (nSPS) is 10.4. The molecule has 2 rings (SSSR count). The summed E-state index contributed by atoms with van der Waals surface area (Å²) in [5, 5.41) is 0.978. The second-order valence-corrected chi connectivity index (χ2v) is 3.26. The van der Waals surface area contributed by atoms with Crippen LogP contribution in [0.3, 0.4) is 0 Å². The van der Waals surface area contributed by atoms with Crippen LogP contribution in [0.1, 0.15) is 0 Å². The molecule has 60 valence electrons. The van der Waals surface area contributed by atoms with Crippen LogP contribution < -0.4 is 5.73 Å². The van der Waals surface area contributed by atoms with Gasteiger partial charge in [-0.2, -0.15) is 0 Å². The first kappa shape index (κ1) is 7.49. The molecule has 0 spiro atoms. The van der Waals surface area contributed by atoms with Crippen molar-refractivity contribution in [3.63, 3.8) is 0 Å². The number of aromatic nitrogens is 2. The van der Waals surface area contributed by atoms with E-state index < -0.39 is 0 Å². The summed E-state index contributed by atoms with van der Waals surface area (Å²) in [6.45, 7) is 0. The quantitative estimate of drug-likeness (QED) is 0.744. The SMILES string of the molecule is Nc1ncc2c(Br)cccc2n1. The third-order valence-corrected chi connectivity index (χ3v) is 2.28. The molecule has 0 saturated heterocycles. The van der Waals surface area contributed by atoms with Gasteiger partial charge in [-0.05, 0) is 12.1 Å². The minimum absolute atomic E-state index is 0.306. The molecule has 0 unspecified atom stereocenters. The van der Waals surface area contributed by atoms with E-state index >= 15 is 0 Å². The zero-order valence-electron chi connectivity index (χ0n) is 6.16. The molecule has 1 aromatic carbocycles. The molecule has 0 saturated carbocycles. The second-order valence-electron chi connectivity index (χ2n) is 2.40. The number of hydrogen-bond acceptors (Lipinski definition) is 3. The van der Waals surface area contributed by atoms with E-state index in [1.165, 1.54) is 0 Å². The molecule has 2 N–H and O–H groups in total. The lowest BCUT2D eigenvalue weighted by Gasteiger charge is -1.98. The molecule has 0 aliphatic carbocycles. The highest BCUT2D eigenvalue weighted by Gasteiger charge is 1.98. The van der Waals surface area contributed by atoms with E-state index in [1.54, 1.807) is 6.20 Å². The van der Waals surface area contributed by atoms with Crippen LogP contribution in [0.25, 0.3) is 10.9 Å². The number of halogens is 1. The summed E-state index contributed by atoms with van der Waals surface area (Å²) in [6, 6.07) is 5.76. The molecule has 1 aromatic heterocycles. The molecule has 0 atom stereocenters. The number of nitrogens with two attached hydrogens (primary N) is 1. The molecule has 0 aliphatic heterocycles. The maximum Gasteiger partial charge on any atom is 0.220 e. The Morgan fingerprint density at radius 3 is 3.00 bits per heavy atom. The highest BCUT2D eigenvalue weighted by atomic mass is 79.9. The summed E-state index contributed by atoms with van der Waals surface area (Å²) < 4.78 is 0.986. The predicted octanol–water partition coefficient (Wildman–Crippen LogP) is 1.97. The van der Waals surface area contributed by atoms with Gasteiger partial charge in [-0.1, -0.05) is 22.0 Å². The van der Waals surface area contributed by atoms with Gasteiger partial charge in [0.05, 0.1) is 5.52 Å². The van der Waals surface area contributed by atoms with Crippen LogP contribution in [0.4, 0.5) is 5.95 Å². The van der Waals surface area contributed by atoms with Crippen molar-refractivity contribution in [1.82, 2.24) is 9.97 Å². The Balaban J connectivity index is 2.86. The third kappa shape index (κ3) is 1.14. The molecular formula is C8H6BrN3. The van der Waals surface area contributed by atoms with E-state index in [4.69, 9.17) is 5.73 Å². The van der Waals surface area contributed by atoms with Gasteiger partial charge in [0, 0.05) is 16.1 Å². The summed E-state index contributed by atoms with van der Waals surface area (Å²) in [7, 11) is 0. The van der Waals surface area contributed by atoms with Crippen molar-refractivity contribution >= 4 is 32.8 Å². The van der Waals surface area contributed by atoms with Crippen LogP contribution in [0.15, 0.2) is 28.9 Å². The largest absolute Gasteiger partial charge is 0.368 e. The molecule has 1 heterocycles. The van der Waals surface area contributed by atoms with Crippen LogP contribution in [0, 0.1) is 0 Å². The standard InChI is InChI=1S/C8H6BrN3/c9-6-2-1-3-7-5(6)4-11-8(10)12-7/h1-4H,(H2,10,11,12).